The number of halogens is 4. The van der Waals surface area contributed by atoms with Crippen LogP contribution in [0.1, 0.15) is 18.8 Å². The number of alkyl halides is 3. The van der Waals surface area contributed by atoms with Crippen molar-refractivity contribution in [2.24, 2.45) is 0 Å². The van der Waals surface area contributed by atoms with E-state index in [1.165, 1.54) is 25.1 Å². The molecule has 0 radical (unpaired) electrons. The van der Waals surface area contributed by atoms with Gasteiger partial charge in [0.05, 0.1) is 11.0 Å². The lowest BCUT2D eigenvalue weighted by Gasteiger charge is -2.14. The third-order valence-electron chi connectivity index (χ3n) is 2.59. The molecule has 2 aromatic rings. The molecule has 0 aliphatic heterocycles. The third-order valence-corrected chi connectivity index (χ3v) is 2.59. The van der Waals surface area contributed by atoms with E-state index in [2.05, 4.69) is 4.98 Å². The van der Waals surface area contributed by atoms with Crippen molar-refractivity contribution in [2.75, 3.05) is 0 Å². The summed E-state index contributed by atoms with van der Waals surface area (Å²) in [6, 6.07) is 4.57. The quantitative estimate of drug-likeness (QED) is 0.926. The number of aromatic nitrogens is 2. The van der Waals surface area contributed by atoms with Crippen LogP contribution < -0.4 is 0 Å². The van der Waals surface area contributed by atoms with Crippen molar-refractivity contribution in [3.05, 3.63) is 30.1 Å². The van der Waals surface area contributed by atoms with E-state index < -0.39 is 24.0 Å². The molecule has 1 aromatic heterocycles. The topological polar surface area (TPSA) is 55.1 Å². The molecule has 0 fully saturated rings. The summed E-state index contributed by atoms with van der Waals surface area (Å²) in [6.07, 6.45) is -4.69. The Morgan fingerprint density at radius 3 is 2.47 bits per heavy atom. The molecule has 0 aliphatic carbocycles. The van der Waals surface area contributed by atoms with Crippen LogP contribution in [0.25, 0.3) is 11.0 Å². The molecule has 19 heavy (non-hydrogen) atoms. The first-order valence-corrected chi connectivity index (χ1v) is 5.09. The van der Waals surface area contributed by atoms with E-state index in [-0.39, 0.29) is 23.4 Å². The van der Waals surface area contributed by atoms with E-state index >= 15 is 0 Å². The van der Waals surface area contributed by atoms with E-state index in [9.17, 15) is 18.0 Å². The van der Waals surface area contributed by atoms with Crippen molar-refractivity contribution in [1.82, 2.24) is 9.55 Å². The average Bonchev–Trinajstić information content (AvgIpc) is 2.66. The van der Waals surface area contributed by atoms with Crippen molar-refractivity contribution in [1.29, 1.82) is 0 Å². The number of aliphatic carboxylic acids is 1. The molecular weight excluding hydrogens is 285 g/mol. The number of carboxylic acids is 1. The van der Waals surface area contributed by atoms with Gasteiger partial charge in [-0.05, 0) is 19.1 Å². The fourth-order valence-corrected chi connectivity index (χ4v) is 1.75. The van der Waals surface area contributed by atoms with Gasteiger partial charge in [0.15, 0.2) is 0 Å². The van der Waals surface area contributed by atoms with Gasteiger partial charge in [0.25, 0.3) is 0 Å². The minimum atomic E-state index is -4.69. The molecule has 0 spiro atoms. The van der Waals surface area contributed by atoms with Crippen molar-refractivity contribution in [3.8, 4) is 0 Å². The van der Waals surface area contributed by atoms with Crippen LogP contribution in [0.3, 0.4) is 0 Å². The predicted octanol–water partition coefficient (Wildman–Crippen LogP) is 3.12. The number of para-hydroxylation sites is 2. The summed E-state index contributed by atoms with van der Waals surface area (Å²) in [7, 11) is 0. The molecule has 4 nitrogen and oxygen atoms in total. The highest BCUT2D eigenvalue weighted by Gasteiger charge is 2.39. The van der Waals surface area contributed by atoms with Crippen molar-refractivity contribution >= 4 is 29.4 Å². The van der Waals surface area contributed by atoms with Gasteiger partial charge < -0.3 is 9.67 Å². The zero-order valence-electron chi connectivity index (χ0n) is 9.68. The summed E-state index contributed by atoms with van der Waals surface area (Å²) in [5.74, 6) is -2.54. The van der Waals surface area contributed by atoms with Crippen molar-refractivity contribution in [3.63, 3.8) is 0 Å². The van der Waals surface area contributed by atoms with E-state index in [1.54, 1.807) is 6.07 Å². The Hall–Kier alpha value is -1.76. The molecule has 1 atom stereocenters. The highest BCUT2D eigenvalue weighted by Crippen LogP contribution is 2.33. The van der Waals surface area contributed by atoms with Crippen LogP contribution in [0.4, 0.5) is 13.2 Å². The summed E-state index contributed by atoms with van der Waals surface area (Å²) in [4.78, 5) is 14.4. The first-order chi connectivity index (χ1) is 8.32. The number of hydrogen-bond acceptors (Lipinski definition) is 2. The van der Waals surface area contributed by atoms with Gasteiger partial charge in [0.1, 0.15) is 6.04 Å². The van der Waals surface area contributed by atoms with Crippen LogP contribution in [0.2, 0.25) is 0 Å². The van der Waals surface area contributed by atoms with Gasteiger partial charge in [0.2, 0.25) is 5.82 Å². The molecule has 2 rings (SSSR count). The van der Waals surface area contributed by atoms with Crippen LogP contribution in [-0.4, -0.2) is 20.6 Å². The molecule has 0 bridgehead atoms. The predicted molar refractivity (Wildman–Crippen MR) is 64.3 cm³/mol. The fourth-order valence-electron chi connectivity index (χ4n) is 1.75. The Balaban J connectivity index is 0.00000180. The molecule has 1 heterocycles. The second-order valence-corrected chi connectivity index (χ2v) is 3.81. The second-order valence-electron chi connectivity index (χ2n) is 3.81. The van der Waals surface area contributed by atoms with Gasteiger partial charge in [-0.15, -0.1) is 12.4 Å². The molecule has 0 amide bonds. The Bertz CT molecular complexity index is 609. The summed E-state index contributed by atoms with van der Waals surface area (Å²) in [5.41, 5.74) is 0.276. The smallest absolute Gasteiger partial charge is 0.449 e. The molecule has 1 unspecified atom stereocenters. The van der Waals surface area contributed by atoms with E-state index in [0.717, 1.165) is 0 Å². The Morgan fingerprint density at radius 1 is 1.37 bits per heavy atom. The summed E-state index contributed by atoms with van der Waals surface area (Å²) < 4.78 is 39.2. The molecule has 8 heteroatoms. The molecule has 0 saturated carbocycles. The first-order valence-electron chi connectivity index (χ1n) is 5.09. The molecule has 1 aromatic carbocycles. The monoisotopic (exact) mass is 294 g/mol. The summed E-state index contributed by atoms with van der Waals surface area (Å²) in [5, 5.41) is 8.89. The van der Waals surface area contributed by atoms with Gasteiger partial charge in [-0.3, -0.25) is 0 Å². The van der Waals surface area contributed by atoms with Crippen LogP contribution in [-0.2, 0) is 11.0 Å². The number of fused-ring (bicyclic) bond motifs is 1. The number of carboxylic acid groups (broad SMARTS) is 1. The second kappa shape index (κ2) is 5.08. The number of benzene rings is 1. The largest absolute Gasteiger partial charge is 0.480 e. The molecular formula is C11H10ClF3N2O2. The zero-order chi connectivity index (χ0) is 13.5. The fraction of sp³-hybridized carbons (Fsp3) is 0.273. The van der Waals surface area contributed by atoms with E-state index in [0.29, 0.717) is 4.57 Å². The highest BCUT2D eigenvalue weighted by molar-refractivity contribution is 5.85. The summed E-state index contributed by atoms with van der Waals surface area (Å²) >= 11 is 0. The van der Waals surface area contributed by atoms with Crippen LogP contribution in [0, 0.1) is 0 Å². The lowest BCUT2D eigenvalue weighted by atomic mass is 10.2. The Labute approximate surface area is 112 Å². The zero-order valence-corrected chi connectivity index (χ0v) is 10.5. The molecule has 104 valence electrons. The van der Waals surface area contributed by atoms with Crippen molar-refractivity contribution in [2.45, 2.75) is 19.1 Å². The van der Waals surface area contributed by atoms with Gasteiger partial charge in [-0.2, -0.15) is 13.2 Å². The maximum atomic E-state index is 12.8. The number of rotatable bonds is 2. The number of carbonyl (C=O) groups is 1. The van der Waals surface area contributed by atoms with Crippen molar-refractivity contribution < 1.29 is 23.1 Å². The summed E-state index contributed by atoms with van der Waals surface area (Å²) in [6.45, 7) is 1.19. The molecule has 0 saturated heterocycles. The van der Waals surface area contributed by atoms with Crippen LogP contribution in [0.5, 0.6) is 0 Å². The van der Waals surface area contributed by atoms with Crippen LogP contribution in [0.15, 0.2) is 24.3 Å². The Kier molecular flexibility index (Phi) is 4.09. The van der Waals surface area contributed by atoms with Gasteiger partial charge in [-0.1, -0.05) is 12.1 Å². The number of nitrogens with zero attached hydrogens (tertiary/aromatic N) is 2. The third kappa shape index (κ3) is 2.65. The lowest BCUT2D eigenvalue weighted by molar-refractivity contribution is -0.150. The Morgan fingerprint density at radius 2 is 1.95 bits per heavy atom. The number of imidazole rings is 1. The average molecular weight is 295 g/mol. The maximum Gasteiger partial charge on any atom is 0.449 e. The first kappa shape index (κ1) is 15.3. The minimum absolute atomic E-state index is 0. The highest BCUT2D eigenvalue weighted by atomic mass is 35.5. The SMILES string of the molecule is CC(C(=O)O)n1c(C(F)(F)F)nc2ccccc21.Cl. The minimum Gasteiger partial charge on any atom is -0.480 e. The standard InChI is InChI=1S/C11H9F3N2O2.ClH/c1-6(9(17)18)16-8-5-3-2-4-7(8)15-10(16)11(12,13)14;/h2-6H,1H3,(H,17,18);1H. The lowest BCUT2D eigenvalue weighted by Crippen LogP contribution is -2.22. The molecule has 1 N–H and O–H groups in total. The number of hydrogen-bond donors (Lipinski definition) is 1. The van der Waals surface area contributed by atoms with Gasteiger partial charge >= 0.3 is 12.1 Å². The van der Waals surface area contributed by atoms with E-state index in [1.807, 2.05) is 0 Å². The maximum absolute atomic E-state index is 12.8. The van der Waals surface area contributed by atoms with E-state index in [4.69, 9.17) is 5.11 Å². The van der Waals surface area contributed by atoms with Gasteiger partial charge in [0, 0.05) is 0 Å². The van der Waals surface area contributed by atoms with Gasteiger partial charge in [-0.25, -0.2) is 9.78 Å². The van der Waals surface area contributed by atoms with Crippen LogP contribution >= 0.6 is 12.4 Å². The molecule has 0 aliphatic rings. The normalized spacial score (nSPS) is 13.1.